The molecular weight excluding hydrogens is 426 g/mol. The van der Waals surface area contributed by atoms with Crippen molar-refractivity contribution in [1.29, 1.82) is 0 Å². The molecule has 0 saturated carbocycles. The minimum absolute atomic E-state index is 0.146. The molecule has 4 rings (SSSR count). The van der Waals surface area contributed by atoms with Crippen LogP contribution >= 0.6 is 15.9 Å². The van der Waals surface area contributed by atoms with Gasteiger partial charge in [0.25, 0.3) is 0 Å². The van der Waals surface area contributed by atoms with Gasteiger partial charge in [0.15, 0.2) is 0 Å². The second-order valence-corrected chi connectivity index (χ2v) is 7.76. The van der Waals surface area contributed by atoms with E-state index in [-0.39, 0.29) is 5.91 Å². The number of nitrogens with one attached hydrogen (secondary N) is 1. The molecule has 4 nitrogen and oxygen atoms in total. The maximum Gasteiger partial charge on any atom is 0.244 e. The average molecular weight is 446 g/mol. The van der Waals surface area contributed by atoms with Gasteiger partial charge in [0.2, 0.25) is 5.91 Å². The number of carbonyl (C=O) groups is 1. The minimum Gasteiger partial charge on any atom is -0.347 e. The monoisotopic (exact) mass is 445 g/mol. The summed E-state index contributed by atoms with van der Waals surface area (Å²) in [5.41, 5.74) is 6.10. The summed E-state index contributed by atoms with van der Waals surface area (Å²) in [5, 5.41) is 2.89. The third kappa shape index (κ3) is 4.63. The standard InChI is InChI=1S/C24H20BrN3O/c1-17-13-21(25)15-28-16-22(27-24(17)28)14-26-23(29)12-9-18-7-10-20(11-8-18)19-5-3-2-4-6-19/h2-13,15-16H,14H2,1H3,(H,26,29)/b12-9+. The number of benzene rings is 2. The fraction of sp³-hybridized carbons (Fsp3) is 0.0833. The number of aryl methyl sites for hydroxylation is 1. The molecule has 0 atom stereocenters. The van der Waals surface area contributed by atoms with Crippen molar-refractivity contribution in [3.63, 3.8) is 0 Å². The quantitative estimate of drug-likeness (QED) is 0.417. The van der Waals surface area contributed by atoms with Crippen LogP contribution in [0.1, 0.15) is 16.8 Å². The molecule has 0 aliphatic rings. The van der Waals surface area contributed by atoms with E-state index >= 15 is 0 Å². The van der Waals surface area contributed by atoms with Gasteiger partial charge in [-0.1, -0.05) is 54.6 Å². The predicted octanol–water partition coefficient (Wildman–Crippen LogP) is 5.40. The molecule has 0 aliphatic carbocycles. The Hall–Kier alpha value is -3.18. The summed E-state index contributed by atoms with van der Waals surface area (Å²) < 4.78 is 2.96. The van der Waals surface area contributed by atoms with Crippen LogP contribution in [0.25, 0.3) is 22.9 Å². The van der Waals surface area contributed by atoms with E-state index in [0.717, 1.165) is 32.5 Å². The van der Waals surface area contributed by atoms with Crippen molar-refractivity contribution in [3.8, 4) is 11.1 Å². The third-order valence-electron chi connectivity index (χ3n) is 4.64. The van der Waals surface area contributed by atoms with Crippen LogP contribution in [0.15, 0.2) is 83.6 Å². The lowest BCUT2D eigenvalue weighted by Crippen LogP contribution is -2.20. The van der Waals surface area contributed by atoms with Gasteiger partial charge < -0.3 is 9.72 Å². The normalized spacial score (nSPS) is 11.2. The van der Waals surface area contributed by atoms with Crippen LogP contribution in [0.2, 0.25) is 0 Å². The summed E-state index contributed by atoms with van der Waals surface area (Å²) in [6, 6.07) is 20.4. The number of halogens is 1. The van der Waals surface area contributed by atoms with Crippen LogP contribution in [0, 0.1) is 6.92 Å². The highest BCUT2D eigenvalue weighted by molar-refractivity contribution is 9.10. The molecule has 29 heavy (non-hydrogen) atoms. The molecular formula is C24H20BrN3O. The van der Waals surface area contributed by atoms with Gasteiger partial charge in [-0.25, -0.2) is 4.98 Å². The van der Waals surface area contributed by atoms with E-state index < -0.39 is 0 Å². The summed E-state index contributed by atoms with van der Waals surface area (Å²) in [4.78, 5) is 16.8. The van der Waals surface area contributed by atoms with Gasteiger partial charge in [-0.2, -0.15) is 0 Å². The summed E-state index contributed by atoms with van der Waals surface area (Å²) in [6.45, 7) is 2.40. The Balaban J connectivity index is 1.37. The first kappa shape index (κ1) is 19.2. The van der Waals surface area contributed by atoms with E-state index in [0.29, 0.717) is 6.54 Å². The number of hydrogen-bond acceptors (Lipinski definition) is 2. The van der Waals surface area contributed by atoms with Gasteiger partial charge in [-0.05, 0) is 57.2 Å². The van der Waals surface area contributed by atoms with Gasteiger partial charge in [-0.15, -0.1) is 0 Å². The molecule has 5 heteroatoms. The number of amides is 1. The second kappa shape index (κ2) is 8.45. The Morgan fingerprint density at radius 2 is 1.79 bits per heavy atom. The van der Waals surface area contributed by atoms with Crippen molar-refractivity contribution in [1.82, 2.24) is 14.7 Å². The Labute approximate surface area is 178 Å². The SMILES string of the molecule is Cc1cc(Br)cn2cc(CNC(=O)/C=C/c3ccc(-c4ccccc4)cc3)nc12. The fourth-order valence-electron chi connectivity index (χ4n) is 3.19. The second-order valence-electron chi connectivity index (χ2n) is 6.84. The number of rotatable bonds is 5. The van der Waals surface area contributed by atoms with Crippen molar-refractivity contribution in [2.75, 3.05) is 0 Å². The van der Waals surface area contributed by atoms with Crippen LogP contribution < -0.4 is 5.32 Å². The lowest BCUT2D eigenvalue weighted by molar-refractivity contribution is -0.116. The van der Waals surface area contributed by atoms with E-state index in [4.69, 9.17) is 0 Å². The lowest BCUT2D eigenvalue weighted by Gasteiger charge is -2.02. The van der Waals surface area contributed by atoms with Gasteiger partial charge in [0, 0.05) is 22.9 Å². The smallest absolute Gasteiger partial charge is 0.244 e. The van der Waals surface area contributed by atoms with E-state index in [9.17, 15) is 4.79 Å². The maximum absolute atomic E-state index is 12.2. The van der Waals surface area contributed by atoms with Gasteiger partial charge in [-0.3, -0.25) is 4.79 Å². The molecule has 0 radical (unpaired) electrons. The van der Waals surface area contributed by atoms with E-state index in [1.165, 1.54) is 5.56 Å². The zero-order valence-corrected chi connectivity index (χ0v) is 17.6. The highest BCUT2D eigenvalue weighted by Crippen LogP contribution is 2.20. The first-order valence-corrected chi connectivity index (χ1v) is 10.1. The molecule has 0 bridgehead atoms. The molecule has 144 valence electrons. The van der Waals surface area contributed by atoms with Crippen molar-refractivity contribution in [2.24, 2.45) is 0 Å². The molecule has 2 heterocycles. The topological polar surface area (TPSA) is 46.4 Å². The van der Waals surface area contributed by atoms with Crippen LogP contribution in [-0.4, -0.2) is 15.3 Å². The van der Waals surface area contributed by atoms with Crippen molar-refractivity contribution >= 4 is 33.6 Å². The Kier molecular flexibility index (Phi) is 5.58. The van der Waals surface area contributed by atoms with Crippen molar-refractivity contribution in [2.45, 2.75) is 13.5 Å². The highest BCUT2D eigenvalue weighted by atomic mass is 79.9. The fourth-order valence-corrected chi connectivity index (χ4v) is 3.75. The molecule has 1 N–H and O–H groups in total. The van der Waals surface area contributed by atoms with E-state index in [1.54, 1.807) is 6.08 Å². The lowest BCUT2D eigenvalue weighted by atomic mass is 10.0. The summed E-state index contributed by atoms with van der Waals surface area (Å²) in [5.74, 6) is -0.146. The summed E-state index contributed by atoms with van der Waals surface area (Å²) in [7, 11) is 0. The van der Waals surface area contributed by atoms with Crippen LogP contribution in [0.4, 0.5) is 0 Å². The number of pyridine rings is 1. The first-order valence-electron chi connectivity index (χ1n) is 9.33. The number of carbonyl (C=O) groups excluding carboxylic acids is 1. The Bertz CT molecular complexity index is 1180. The summed E-state index contributed by atoms with van der Waals surface area (Å²) in [6.07, 6.45) is 7.25. The van der Waals surface area contributed by atoms with Crippen LogP contribution in [0.3, 0.4) is 0 Å². The van der Waals surface area contributed by atoms with Gasteiger partial charge in [0.05, 0.1) is 12.2 Å². The largest absolute Gasteiger partial charge is 0.347 e. The summed E-state index contributed by atoms with van der Waals surface area (Å²) >= 11 is 3.49. The zero-order valence-electron chi connectivity index (χ0n) is 16.0. The predicted molar refractivity (Wildman–Crippen MR) is 120 cm³/mol. The molecule has 0 saturated heterocycles. The molecule has 0 fully saturated rings. The maximum atomic E-state index is 12.2. The molecule has 2 aromatic heterocycles. The van der Waals surface area contributed by atoms with Crippen LogP contribution in [-0.2, 0) is 11.3 Å². The molecule has 0 aliphatic heterocycles. The molecule has 1 amide bonds. The zero-order chi connectivity index (χ0) is 20.2. The van der Waals surface area contributed by atoms with Crippen molar-refractivity contribution in [3.05, 3.63) is 100 Å². The van der Waals surface area contributed by atoms with Crippen molar-refractivity contribution < 1.29 is 4.79 Å². The molecule has 4 aromatic rings. The molecule has 2 aromatic carbocycles. The highest BCUT2D eigenvalue weighted by Gasteiger charge is 2.06. The number of nitrogens with zero attached hydrogens (tertiary/aromatic N) is 2. The molecule has 0 spiro atoms. The van der Waals surface area contributed by atoms with Gasteiger partial charge >= 0.3 is 0 Å². The van der Waals surface area contributed by atoms with E-state index in [1.807, 2.05) is 66.2 Å². The number of aromatic nitrogens is 2. The Morgan fingerprint density at radius 3 is 2.55 bits per heavy atom. The molecule has 0 unspecified atom stereocenters. The third-order valence-corrected chi connectivity index (χ3v) is 5.07. The van der Waals surface area contributed by atoms with Crippen LogP contribution in [0.5, 0.6) is 0 Å². The van der Waals surface area contributed by atoms with Gasteiger partial charge in [0.1, 0.15) is 5.65 Å². The first-order chi connectivity index (χ1) is 14.1. The Morgan fingerprint density at radius 1 is 1.07 bits per heavy atom. The number of hydrogen-bond donors (Lipinski definition) is 1. The van der Waals surface area contributed by atoms with E-state index in [2.05, 4.69) is 50.5 Å². The number of fused-ring (bicyclic) bond motifs is 1. The number of imidazole rings is 1. The minimum atomic E-state index is -0.146. The average Bonchev–Trinajstić information content (AvgIpc) is 3.15.